The average Bonchev–Trinajstić information content (AvgIpc) is 2.15. The molecule has 1 N–H and O–H groups in total. The molecule has 0 aliphatic heterocycles. The molecule has 14 heavy (non-hydrogen) atoms. The maximum absolute atomic E-state index is 11.8. The Kier molecular flexibility index (Phi) is 6.93. The van der Waals surface area contributed by atoms with E-state index in [0.29, 0.717) is 19.6 Å². The van der Waals surface area contributed by atoms with Gasteiger partial charge in [0.2, 0.25) is 10.0 Å². The van der Waals surface area contributed by atoms with Crippen molar-refractivity contribution in [1.29, 1.82) is 0 Å². The minimum Gasteiger partial charge on any atom is -0.315 e. The second-order valence-corrected chi connectivity index (χ2v) is 6.67. The van der Waals surface area contributed by atoms with Crippen molar-refractivity contribution < 1.29 is 8.42 Å². The number of halogens is 1. The van der Waals surface area contributed by atoms with Crippen LogP contribution in [0.15, 0.2) is 0 Å². The smallest absolute Gasteiger partial charge is 0.228 e. The van der Waals surface area contributed by atoms with Crippen molar-refractivity contribution in [2.75, 3.05) is 26.2 Å². The second kappa shape index (κ2) is 6.76. The van der Waals surface area contributed by atoms with Crippen molar-refractivity contribution in [3.8, 4) is 0 Å². The molecule has 0 rings (SSSR count). The van der Waals surface area contributed by atoms with E-state index in [1.807, 2.05) is 20.8 Å². The predicted molar refractivity (Wildman–Crippen MR) is 63.1 cm³/mol. The van der Waals surface area contributed by atoms with E-state index >= 15 is 0 Å². The summed E-state index contributed by atoms with van der Waals surface area (Å²) in [5.41, 5.74) is 0. The van der Waals surface area contributed by atoms with E-state index in [1.165, 1.54) is 4.31 Å². The third kappa shape index (κ3) is 3.84. The molecule has 0 aromatic carbocycles. The molecule has 0 heterocycles. The average molecular weight is 287 g/mol. The quantitative estimate of drug-likeness (QED) is 0.710. The van der Waals surface area contributed by atoms with Gasteiger partial charge in [-0.2, -0.15) is 0 Å². The van der Waals surface area contributed by atoms with Gasteiger partial charge in [0.25, 0.3) is 0 Å². The van der Waals surface area contributed by atoms with E-state index < -0.39 is 14.2 Å². The molecule has 0 aromatic rings. The van der Waals surface area contributed by atoms with Crippen molar-refractivity contribution in [3.05, 3.63) is 0 Å². The number of sulfonamides is 1. The molecule has 1 unspecified atom stereocenters. The number of hydrogen-bond acceptors (Lipinski definition) is 3. The van der Waals surface area contributed by atoms with Crippen molar-refractivity contribution in [3.63, 3.8) is 0 Å². The number of alkyl halides is 1. The van der Waals surface area contributed by atoms with Crippen LogP contribution >= 0.6 is 15.9 Å². The molecule has 0 aliphatic carbocycles. The SMILES string of the molecule is CCNCC(Br)S(=O)(=O)N(CC)CC. The third-order valence-corrected chi connectivity index (χ3v) is 5.73. The van der Waals surface area contributed by atoms with E-state index in [4.69, 9.17) is 0 Å². The summed E-state index contributed by atoms with van der Waals surface area (Å²) in [5.74, 6) is 0. The van der Waals surface area contributed by atoms with Gasteiger partial charge in [-0.15, -0.1) is 0 Å². The number of hydrogen-bond donors (Lipinski definition) is 1. The zero-order valence-corrected chi connectivity index (χ0v) is 11.4. The lowest BCUT2D eigenvalue weighted by Crippen LogP contribution is -2.40. The molecule has 0 saturated heterocycles. The molecule has 0 bridgehead atoms. The summed E-state index contributed by atoms with van der Waals surface area (Å²) >= 11 is 3.19. The maximum Gasteiger partial charge on any atom is 0.228 e. The van der Waals surface area contributed by atoms with Crippen LogP contribution in [0.1, 0.15) is 20.8 Å². The summed E-state index contributed by atoms with van der Waals surface area (Å²) in [6, 6.07) is 0. The van der Waals surface area contributed by atoms with Gasteiger partial charge >= 0.3 is 0 Å². The van der Waals surface area contributed by atoms with Gasteiger partial charge in [0, 0.05) is 19.6 Å². The fourth-order valence-electron chi connectivity index (χ4n) is 1.11. The molecule has 86 valence electrons. The third-order valence-electron chi connectivity index (χ3n) is 1.94. The Morgan fingerprint density at radius 2 is 1.79 bits per heavy atom. The van der Waals surface area contributed by atoms with Gasteiger partial charge < -0.3 is 5.32 Å². The largest absolute Gasteiger partial charge is 0.315 e. The summed E-state index contributed by atoms with van der Waals surface area (Å²) in [5, 5.41) is 3.00. The van der Waals surface area contributed by atoms with Crippen LogP contribution in [-0.4, -0.2) is 43.1 Å². The van der Waals surface area contributed by atoms with Crippen LogP contribution in [-0.2, 0) is 10.0 Å². The number of nitrogens with one attached hydrogen (secondary N) is 1. The molecule has 1 atom stereocenters. The fraction of sp³-hybridized carbons (Fsp3) is 1.00. The highest BCUT2D eigenvalue weighted by molar-refractivity contribution is 9.11. The summed E-state index contributed by atoms with van der Waals surface area (Å²) in [4.78, 5) is 0. The fourth-order valence-corrected chi connectivity index (χ4v) is 3.42. The van der Waals surface area contributed by atoms with E-state index in [2.05, 4.69) is 21.2 Å². The first-order valence-corrected chi connectivity index (χ1v) is 7.26. The van der Waals surface area contributed by atoms with Gasteiger partial charge in [-0.3, -0.25) is 0 Å². The Morgan fingerprint density at radius 1 is 1.29 bits per heavy atom. The summed E-state index contributed by atoms with van der Waals surface area (Å²) in [7, 11) is -3.19. The van der Waals surface area contributed by atoms with Crippen LogP contribution in [0.3, 0.4) is 0 Å². The van der Waals surface area contributed by atoms with Crippen LogP contribution < -0.4 is 5.32 Å². The molecular formula is C8H19BrN2O2S. The normalized spacial score (nSPS) is 14.6. The second-order valence-electron chi connectivity index (χ2n) is 2.85. The summed E-state index contributed by atoms with van der Waals surface area (Å²) in [6.45, 7) is 7.89. The Balaban J connectivity index is 4.43. The van der Waals surface area contributed by atoms with Crippen molar-refractivity contribution in [2.45, 2.75) is 24.9 Å². The van der Waals surface area contributed by atoms with Crippen molar-refractivity contribution in [1.82, 2.24) is 9.62 Å². The maximum atomic E-state index is 11.8. The van der Waals surface area contributed by atoms with Crippen LogP contribution in [0.2, 0.25) is 0 Å². The monoisotopic (exact) mass is 286 g/mol. The van der Waals surface area contributed by atoms with Crippen LogP contribution in [0.25, 0.3) is 0 Å². The molecule has 0 fully saturated rings. The first-order chi connectivity index (χ1) is 6.50. The molecule has 0 amide bonds. The number of nitrogens with zero attached hydrogens (tertiary/aromatic N) is 1. The van der Waals surface area contributed by atoms with Gasteiger partial charge in [0.1, 0.15) is 4.16 Å². The predicted octanol–water partition coefficient (Wildman–Crippen LogP) is 0.989. The van der Waals surface area contributed by atoms with Crippen LogP contribution in [0, 0.1) is 0 Å². The molecule has 0 aliphatic rings. The first kappa shape index (κ1) is 14.3. The zero-order valence-electron chi connectivity index (χ0n) is 8.96. The Labute approximate surface area is 95.2 Å². The topological polar surface area (TPSA) is 49.4 Å². The van der Waals surface area contributed by atoms with E-state index in [-0.39, 0.29) is 0 Å². The van der Waals surface area contributed by atoms with E-state index in [9.17, 15) is 8.42 Å². The molecular weight excluding hydrogens is 268 g/mol. The Morgan fingerprint density at radius 3 is 2.14 bits per heavy atom. The van der Waals surface area contributed by atoms with Gasteiger partial charge in [-0.05, 0) is 6.54 Å². The van der Waals surface area contributed by atoms with Gasteiger partial charge in [-0.1, -0.05) is 36.7 Å². The molecule has 0 aromatic heterocycles. The van der Waals surface area contributed by atoms with Crippen LogP contribution in [0.5, 0.6) is 0 Å². The van der Waals surface area contributed by atoms with Gasteiger partial charge in [-0.25, -0.2) is 12.7 Å². The molecule has 4 nitrogen and oxygen atoms in total. The highest BCUT2D eigenvalue weighted by Gasteiger charge is 2.27. The lowest BCUT2D eigenvalue weighted by molar-refractivity contribution is 0.442. The highest BCUT2D eigenvalue weighted by Crippen LogP contribution is 2.13. The highest BCUT2D eigenvalue weighted by atomic mass is 79.9. The minimum atomic E-state index is -3.19. The lowest BCUT2D eigenvalue weighted by atomic mass is 10.7. The van der Waals surface area contributed by atoms with Gasteiger partial charge in [0.15, 0.2) is 0 Å². The Bertz CT molecular complexity index is 240. The standard InChI is InChI=1S/C8H19BrN2O2S/c1-4-10-7-8(9)14(12,13)11(5-2)6-3/h8,10H,4-7H2,1-3H3. The number of rotatable bonds is 7. The Hall–Kier alpha value is 0.350. The summed E-state index contributed by atoms with van der Waals surface area (Å²) < 4.78 is 24.6. The summed E-state index contributed by atoms with van der Waals surface area (Å²) in [6.07, 6.45) is 0. The lowest BCUT2D eigenvalue weighted by Gasteiger charge is -2.22. The van der Waals surface area contributed by atoms with Gasteiger partial charge in [0.05, 0.1) is 0 Å². The zero-order chi connectivity index (χ0) is 11.2. The van der Waals surface area contributed by atoms with E-state index in [1.54, 1.807) is 0 Å². The molecule has 0 spiro atoms. The molecule has 6 heteroatoms. The molecule has 0 saturated carbocycles. The van der Waals surface area contributed by atoms with Crippen LogP contribution in [0.4, 0.5) is 0 Å². The molecule has 0 radical (unpaired) electrons. The van der Waals surface area contributed by atoms with Crippen molar-refractivity contribution in [2.24, 2.45) is 0 Å². The minimum absolute atomic E-state index is 0.440. The van der Waals surface area contributed by atoms with Crippen molar-refractivity contribution >= 4 is 26.0 Å². The van der Waals surface area contributed by atoms with E-state index in [0.717, 1.165) is 6.54 Å². The first-order valence-electron chi connectivity index (χ1n) is 4.84.